The lowest BCUT2D eigenvalue weighted by Crippen LogP contribution is -2.29. The van der Waals surface area contributed by atoms with Crippen LogP contribution in [0.25, 0.3) is 0 Å². The summed E-state index contributed by atoms with van der Waals surface area (Å²) in [5.41, 5.74) is 2.74. The second kappa shape index (κ2) is 8.61. The van der Waals surface area contributed by atoms with E-state index in [0.29, 0.717) is 23.6 Å². The van der Waals surface area contributed by atoms with Crippen molar-refractivity contribution in [1.29, 1.82) is 0 Å². The molecule has 0 radical (unpaired) electrons. The minimum atomic E-state index is -0.209. The zero-order chi connectivity index (χ0) is 18.4. The summed E-state index contributed by atoms with van der Waals surface area (Å²) >= 11 is 0. The van der Waals surface area contributed by atoms with E-state index in [2.05, 4.69) is 34.5 Å². The molecule has 0 aliphatic carbocycles. The fourth-order valence-electron chi connectivity index (χ4n) is 3.32. The van der Waals surface area contributed by atoms with E-state index < -0.39 is 0 Å². The van der Waals surface area contributed by atoms with Crippen LogP contribution in [0.4, 0.5) is 5.69 Å². The molecule has 0 unspecified atom stereocenters. The Bertz CT molecular complexity index is 715. The molecule has 0 aromatic heterocycles. The average Bonchev–Trinajstić information content (AvgIpc) is 2.72. The smallest absolute Gasteiger partial charge is 0.259 e. The molecule has 2 aromatic rings. The summed E-state index contributed by atoms with van der Waals surface area (Å²) in [6, 6.07) is 13.7. The summed E-state index contributed by atoms with van der Waals surface area (Å²) < 4.78 is 10.6. The number of methoxy groups -OCH3 is 2. The van der Waals surface area contributed by atoms with Crippen LogP contribution in [0.3, 0.4) is 0 Å². The maximum absolute atomic E-state index is 12.6. The predicted molar refractivity (Wildman–Crippen MR) is 103 cm³/mol. The van der Waals surface area contributed by atoms with Crippen molar-refractivity contribution in [2.24, 2.45) is 0 Å². The number of ether oxygens (including phenoxy) is 2. The largest absolute Gasteiger partial charge is 0.496 e. The van der Waals surface area contributed by atoms with Gasteiger partial charge < -0.3 is 19.7 Å². The Labute approximate surface area is 154 Å². The number of piperidine rings is 1. The fourth-order valence-corrected chi connectivity index (χ4v) is 3.32. The van der Waals surface area contributed by atoms with Crippen molar-refractivity contribution in [2.75, 3.05) is 32.2 Å². The van der Waals surface area contributed by atoms with Crippen LogP contribution in [0.15, 0.2) is 42.5 Å². The Morgan fingerprint density at radius 2 is 1.58 bits per heavy atom. The lowest BCUT2D eigenvalue weighted by atomic mass is 10.1. The van der Waals surface area contributed by atoms with Gasteiger partial charge in [-0.2, -0.15) is 0 Å². The molecule has 1 N–H and O–H groups in total. The van der Waals surface area contributed by atoms with Crippen molar-refractivity contribution in [3.63, 3.8) is 0 Å². The van der Waals surface area contributed by atoms with Crippen molar-refractivity contribution in [3.8, 4) is 11.5 Å². The van der Waals surface area contributed by atoms with Gasteiger partial charge in [-0.15, -0.1) is 0 Å². The van der Waals surface area contributed by atoms with Crippen LogP contribution in [0.1, 0.15) is 35.2 Å². The van der Waals surface area contributed by atoms with Crippen molar-refractivity contribution >= 4 is 11.6 Å². The van der Waals surface area contributed by atoms with Gasteiger partial charge in [0.1, 0.15) is 17.1 Å². The van der Waals surface area contributed by atoms with Gasteiger partial charge in [-0.25, -0.2) is 0 Å². The number of hydrogen-bond acceptors (Lipinski definition) is 4. The maximum Gasteiger partial charge on any atom is 0.259 e. The van der Waals surface area contributed by atoms with Crippen LogP contribution < -0.4 is 19.7 Å². The van der Waals surface area contributed by atoms with Crippen LogP contribution in [0.2, 0.25) is 0 Å². The third kappa shape index (κ3) is 4.10. The Morgan fingerprint density at radius 3 is 2.15 bits per heavy atom. The van der Waals surface area contributed by atoms with Gasteiger partial charge in [0.15, 0.2) is 0 Å². The van der Waals surface area contributed by atoms with E-state index in [1.165, 1.54) is 24.9 Å². The molecule has 1 amide bonds. The van der Waals surface area contributed by atoms with Gasteiger partial charge in [0.25, 0.3) is 5.91 Å². The Kier molecular flexibility index (Phi) is 6.00. The number of rotatable bonds is 6. The number of anilines is 1. The van der Waals surface area contributed by atoms with E-state index in [9.17, 15) is 4.79 Å². The van der Waals surface area contributed by atoms with E-state index in [1.807, 2.05) is 0 Å². The minimum Gasteiger partial charge on any atom is -0.496 e. The second-order valence-electron chi connectivity index (χ2n) is 6.43. The Balaban J connectivity index is 1.65. The quantitative estimate of drug-likeness (QED) is 0.861. The molecule has 0 bridgehead atoms. The van der Waals surface area contributed by atoms with Crippen molar-refractivity contribution in [3.05, 3.63) is 53.6 Å². The third-order valence-electron chi connectivity index (χ3n) is 4.77. The van der Waals surface area contributed by atoms with E-state index in [0.717, 1.165) is 18.7 Å². The molecule has 2 aromatic carbocycles. The van der Waals surface area contributed by atoms with Gasteiger partial charge in [-0.1, -0.05) is 18.2 Å². The van der Waals surface area contributed by atoms with Gasteiger partial charge >= 0.3 is 0 Å². The molecule has 26 heavy (non-hydrogen) atoms. The molecule has 138 valence electrons. The topological polar surface area (TPSA) is 50.8 Å². The highest BCUT2D eigenvalue weighted by Gasteiger charge is 2.18. The SMILES string of the molecule is COc1cccc(OC)c1C(=O)NCc1ccc(N2CCCCC2)cc1. The predicted octanol–water partition coefficient (Wildman–Crippen LogP) is 3.62. The molecule has 0 spiro atoms. The van der Waals surface area contributed by atoms with Gasteiger partial charge in [0.05, 0.1) is 14.2 Å². The van der Waals surface area contributed by atoms with Crippen LogP contribution >= 0.6 is 0 Å². The molecule has 0 saturated carbocycles. The lowest BCUT2D eigenvalue weighted by Gasteiger charge is -2.28. The van der Waals surface area contributed by atoms with E-state index in [4.69, 9.17) is 9.47 Å². The van der Waals surface area contributed by atoms with Gasteiger partial charge in [-0.3, -0.25) is 4.79 Å². The number of amides is 1. The number of benzene rings is 2. The molecule has 1 saturated heterocycles. The second-order valence-corrected chi connectivity index (χ2v) is 6.43. The standard InChI is InChI=1S/C21H26N2O3/c1-25-18-7-6-8-19(26-2)20(18)21(24)22-15-16-9-11-17(12-10-16)23-13-4-3-5-14-23/h6-12H,3-5,13-15H2,1-2H3,(H,22,24). The molecule has 1 heterocycles. The summed E-state index contributed by atoms with van der Waals surface area (Å²) in [6.07, 6.45) is 3.85. The summed E-state index contributed by atoms with van der Waals surface area (Å²) in [7, 11) is 3.09. The number of carbonyl (C=O) groups excluding carboxylic acids is 1. The molecule has 5 heteroatoms. The molecular weight excluding hydrogens is 328 g/mol. The Hall–Kier alpha value is -2.69. The molecule has 1 aliphatic rings. The first-order valence-corrected chi connectivity index (χ1v) is 9.06. The maximum atomic E-state index is 12.6. The normalized spacial score (nSPS) is 14.0. The monoisotopic (exact) mass is 354 g/mol. The Morgan fingerprint density at radius 1 is 0.962 bits per heavy atom. The summed E-state index contributed by atoms with van der Waals surface area (Å²) in [6.45, 7) is 2.72. The van der Waals surface area contributed by atoms with Crippen molar-refractivity contribution in [1.82, 2.24) is 5.32 Å². The van der Waals surface area contributed by atoms with Crippen molar-refractivity contribution in [2.45, 2.75) is 25.8 Å². The highest BCUT2D eigenvalue weighted by Crippen LogP contribution is 2.28. The van der Waals surface area contributed by atoms with Gasteiger partial charge in [-0.05, 0) is 49.1 Å². The number of nitrogens with one attached hydrogen (secondary N) is 1. The van der Waals surface area contributed by atoms with Crippen LogP contribution in [-0.2, 0) is 6.54 Å². The van der Waals surface area contributed by atoms with Crippen LogP contribution in [-0.4, -0.2) is 33.2 Å². The number of carbonyl (C=O) groups is 1. The highest BCUT2D eigenvalue weighted by atomic mass is 16.5. The third-order valence-corrected chi connectivity index (χ3v) is 4.77. The van der Waals surface area contributed by atoms with E-state index in [1.54, 1.807) is 32.4 Å². The zero-order valence-electron chi connectivity index (χ0n) is 15.5. The average molecular weight is 354 g/mol. The molecule has 0 atom stereocenters. The number of hydrogen-bond donors (Lipinski definition) is 1. The fraction of sp³-hybridized carbons (Fsp3) is 0.381. The first-order valence-electron chi connectivity index (χ1n) is 9.06. The minimum absolute atomic E-state index is 0.209. The molecular formula is C21H26N2O3. The van der Waals surface area contributed by atoms with Gasteiger partial charge in [0, 0.05) is 25.3 Å². The molecule has 1 fully saturated rings. The lowest BCUT2D eigenvalue weighted by molar-refractivity contribution is 0.0944. The van der Waals surface area contributed by atoms with Crippen LogP contribution in [0.5, 0.6) is 11.5 Å². The summed E-state index contributed by atoms with van der Waals surface area (Å²) in [5.74, 6) is 0.795. The molecule has 5 nitrogen and oxygen atoms in total. The number of nitrogens with zero attached hydrogens (tertiary/aromatic N) is 1. The summed E-state index contributed by atoms with van der Waals surface area (Å²) in [4.78, 5) is 15.0. The molecule has 1 aliphatic heterocycles. The summed E-state index contributed by atoms with van der Waals surface area (Å²) in [5, 5.41) is 2.95. The zero-order valence-corrected chi connectivity index (χ0v) is 15.5. The molecule has 3 rings (SSSR count). The van der Waals surface area contributed by atoms with Crippen molar-refractivity contribution < 1.29 is 14.3 Å². The first kappa shape index (κ1) is 18.1. The highest BCUT2D eigenvalue weighted by molar-refractivity contribution is 5.99. The van der Waals surface area contributed by atoms with E-state index >= 15 is 0 Å². The van der Waals surface area contributed by atoms with E-state index in [-0.39, 0.29) is 5.91 Å². The first-order chi connectivity index (χ1) is 12.7. The van der Waals surface area contributed by atoms with Gasteiger partial charge in [0.2, 0.25) is 0 Å². The van der Waals surface area contributed by atoms with Crippen LogP contribution in [0, 0.1) is 0 Å².